The third-order valence-electron chi connectivity index (χ3n) is 5.02. The Hall–Kier alpha value is -1.89. The van der Waals surface area contributed by atoms with Crippen LogP contribution < -0.4 is 11.1 Å². The number of hydrogen-bond donors (Lipinski definition) is 3. The van der Waals surface area contributed by atoms with E-state index in [9.17, 15) is 18.3 Å². The molecule has 140 valence electrons. The Bertz CT molecular complexity index is 742. The first kappa shape index (κ1) is 18.9. The van der Waals surface area contributed by atoms with Gasteiger partial charge in [-0.05, 0) is 43.0 Å². The monoisotopic (exact) mass is 364 g/mol. The summed E-state index contributed by atoms with van der Waals surface area (Å²) in [6.07, 6.45) is -3.68. The van der Waals surface area contributed by atoms with Crippen LogP contribution in [0, 0.1) is 0 Å². The highest BCUT2D eigenvalue weighted by molar-refractivity contribution is 5.36. The molecule has 1 unspecified atom stereocenters. The second-order valence-electron chi connectivity index (χ2n) is 7.01. The lowest BCUT2D eigenvalue weighted by Gasteiger charge is -2.32. The van der Waals surface area contributed by atoms with Crippen molar-refractivity contribution >= 4 is 0 Å². The summed E-state index contributed by atoms with van der Waals surface area (Å²) >= 11 is 0. The van der Waals surface area contributed by atoms with Gasteiger partial charge in [0.2, 0.25) is 0 Å². The van der Waals surface area contributed by atoms with E-state index in [1.807, 2.05) is 30.3 Å². The maximum Gasteiger partial charge on any atom is 0.416 e. The summed E-state index contributed by atoms with van der Waals surface area (Å²) < 4.78 is 39.2. The summed E-state index contributed by atoms with van der Waals surface area (Å²) in [5.41, 5.74) is 6.52. The van der Waals surface area contributed by atoms with Gasteiger partial charge in [0.05, 0.1) is 17.7 Å². The molecule has 1 aliphatic carbocycles. The first-order chi connectivity index (χ1) is 12.2. The van der Waals surface area contributed by atoms with Crippen molar-refractivity contribution in [3.8, 4) is 0 Å². The predicted octanol–water partition coefficient (Wildman–Crippen LogP) is 3.73. The predicted molar refractivity (Wildman–Crippen MR) is 94.3 cm³/mol. The van der Waals surface area contributed by atoms with Crippen LogP contribution in [0.1, 0.15) is 42.5 Å². The van der Waals surface area contributed by atoms with Gasteiger partial charge >= 0.3 is 6.18 Å². The van der Waals surface area contributed by atoms with E-state index in [1.54, 1.807) is 13.0 Å². The van der Waals surface area contributed by atoms with Crippen molar-refractivity contribution in [2.75, 3.05) is 0 Å². The Balaban J connectivity index is 1.92. The minimum Gasteiger partial charge on any atom is -0.392 e. The first-order valence-electron chi connectivity index (χ1n) is 8.67. The zero-order chi connectivity index (χ0) is 18.9. The largest absolute Gasteiger partial charge is 0.416 e. The fourth-order valence-electron chi connectivity index (χ4n) is 3.27. The van der Waals surface area contributed by atoms with Gasteiger partial charge < -0.3 is 10.8 Å². The standard InChI is InChI=1S/C20H23F3N2O/c1-13(26)17(24)18(14-6-3-2-4-7-14)25-19(10-11-19)15-8-5-9-16(12-15)20(21,22)23/h2-9,12-13,17-18,25-26H,10-11,24H2,1H3/t13-,17-,18?/m1/s1. The van der Waals surface area contributed by atoms with Gasteiger partial charge in [0, 0.05) is 11.6 Å². The van der Waals surface area contributed by atoms with Gasteiger partial charge in [-0.15, -0.1) is 0 Å². The van der Waals surface area contributed by atoms with Crippen LogP contribution in [-0.4, -0.2) is 17.3 Å². The number of rotatable bonds is 6. The van der Waals surface area contributed by atoms with Crippen molar-refractivity contribution in [3.63, 3.8) is 0 Å². The van der Waals surface area contributed by atoms with Crippen molar-refractivity contribution in [1.82, 2.24) is 5.32 Å². The number of nitrogens with two attached hydrogens (primary N) is 1. The molecule has 3 atom stereocenters. The third-order valence-corrected chi connectivity index (χ3v) is 5.02. The average Bonchev–Trinajstić information content (AvgIpc) is 3.40. The lowest BCUT2D eigenvalue weighted by atomic mass is 9.93. The number of aliphatic hydroxyl groups is 1. The molecule has 2 aromatic rings. The molecular weight excluding hydrogens is 341 g/mol. The zero-order valence-electron chi connectivity index (χ0n) is 14.5. The van der Waals surface area contributed by atoms with Crippen LogP contribution in [-0.2, 0) is 11.7 Å². The highest BCUT2D eigenvalue weighted by Crippen LogP contribution is 2.48. The summed E-state index contributed by atoms with van der Waals surface area (Å²) in [4.78, 5) is 0. The SMILES string of the molecule is C[C@@H](O)[C@@H](N)C(NC1(c2cccc(C(F)(F)F)c2)CC1)c1ccccc1. The lowest BCUT2D eigenvalue weighted by molar-refractivity contribution is -0.137. The molecule has 0 spiro atoms. The molecule has 3 nitrogen and oxygen atoms in total. The molecule has 1 aliphatic rings. The molecule has 4 N–H and O–H groups in total. The summed E-state index contributed by atoms with van der Waals surface area (Å²) in [5.74, 6) is 0. The lowest BCUT2D eigenvalue weighted by Crippen LogP contribution is -2.48. The van der Waals surface area contributed by atoms with Gasteiger partial charge in [-0.25, -0.2) is 0 Å². The van der Waals surface area contributed by atoms with Crippen LogP contribution in [0.25, 0.3) is 0 Å². The molecule has 0 radical (unpaired) electrons. The highest BCUT2D eigenvalue weighted by Gasteiger charge is 2.47. The Morgan fingerprint density at radius 3 is 2.27 bits per heavy atom. The minimum absolute atomic E-state index is 0.367. The van der Waals surface area contributed by atoms with E-state index in [-0.39, 0.29) is 6.04 Å². The third kappa shape index (κ3) is 3.92. The number of aliphatic hydroxyl groups excluding tert-OH is 1. The Kier molecular flexibility index (Phi) is 5.10. The smallest absolute Gasteiger partial charge is 0.392 e. The Labute approximate surface area is 151 Å². The Morgan fingerprint density at radius 2 is 1.73 bits per heavy atom. The van der Waals surface area contributed by atoms with Crippen LogP contribution in [0.5, 0.6) is 0 Å². The molecule has 3 rings (SSSR count). The minimum atomic E-state index is -4.37. The molecule has 2 aromatic carbocycles. The molecule has 0 aliphatic heterocycles. The van der Waals surface area contributed by atoms with Crippen LogP contribution in [0.3, 0.4) is 0 Å². The number of halogens is 3. The van der Waals surface area contributed by atoms with E-state index in [1.165, 1.54) is 12.1 Å². The molecule has 0 amide bonds. The van der Waals surface area contributed by atoms with Gasteiger partial charge in [-0.3, -0.25) is 5.32 Å². The molecule has 0 aromatic heterocycles. The maximum atomic E-state index is 13.1. The van der Waals surface area contributed by atoms with Gasteiger partial charge in [0.1, 0.15) is 0 Å². The van der Waals surface area contributed by atoms with Crippen molar-refractivity contribution in [1.29, 1.82) is 0 Å². The van der Waals surface area contributed by atoms with E-state index in [0.29, 0.717) is 5.56 Å². The maximum absolute atomic E-state index is 13.1. The summed E-state index contributed by atoms with van der Waals surface area (Å²) in [6, 6.07) is 13.9. The second-order valence-corrected chi connectivity index (χ2v) is 7.01. The Morgan fingerprint density at radius 1 is 1.08 bits per heavy atom. The highest BCUT2D eigenvalue weighted by atomic mass is 19.4. The van der Waals surface area contributed by atoms with Crippen LogP contribution in [0.4, 0.5) is 13.2 Å². The molecule has 26 heavy (non-hydrogen) atoms. The molecular formula is C20H23F3N2O. The van der Waals surface area contributed by atoms with Crippen molar-refractivity contribution in [2.45, 2.75) is 49.7 Å². The van der Waals surface area contributed by atoms with E-state index in [4.69, 9.17) is 5.73 Å². The molecule has 6 heteroatoms. The average molecular weight is 364 g/mol. The van der Waals surface area contributed by atoms with Gasteiger partial charge in [-0.2, -0.15) is 13.2 Å². The topological polar surface area (TPSA) is 58.3 Å². The van der Waals surface area contributed by atoms with Crippen molar-refractivity contribution < 1.29 is 18.3 Å². The van der Waals surface area contributed by atoms with Crippen molar-refractivity contribution in [2.24, 2.45) is 5.73 Å². The summed E-state index contributed by atoms with van der Waals surface area (Å²) in [7, 11) is 0. The van der Waals surface area contributed by atoms with E-state index in [0.717, 1.165) is 24.5 Å². The fourth-order valence-corrected chi connectivity index (χ4v) is 3.27. The molecule has 0 heterocycles. The fraction of sp³-hybridized carbons (Fsp3) is 0.400. The summed E-state index contributed by atoms with van der Waals surface area (Å²) in [5, 5.41) is 13.4. The van der Waals surface area contributed by atoms with Gasteiger partial charge in [0.15, 0.2) is 0 Å². The number of benzene rings is 2. The van der Waals surface area contributed by atoms with E-state index >= 15 is 0 Å². The molecule has 0 saturated heterocycles. The second kappa shape index (κ2) is 7.02. The number of alkyl halides is 3. The molecule has 1 saturated carbocycles. The number of nitrogens with one attached hydrogen (secondary N) is 1. The quantitative estimate of drug-likeness (QED) is 0.732. The summed E-state index contributed by atoms with van der Waals surface area (Å²) in [6.45, 7) is 1.62. The van der Waals surface area contributed by atoms with Crippen molar-refractivity contribution in [3.05, 3.63) is 71.3 Å². The van der Waals surface area contributed by atoms with Gasteiger partial charge in [0.25, 0.3) is 0 Å². The van der Waals surface area contributed by atoms with Crippen LogP contribution >= 0.6 is 0 Å². The molecule has 1 fully saturated rings. The normalized spacial score (nSPS) is 19.6. The van der Waals surface area contributed by atoms with Crippen LogP contribution in [0.2, 0.25) is 0 Å². The zero-order valence-corrected chi connectivity index (χ0v) is 14.5. The molecule has 0 bridgehead atoms. The number of hydrogen-bond acceptors (Lipinski definition) is 3. The first-order valence-corrected chi connectivity index (χ1v) is 8.67. The van der Waals surface area contributed by atoms with E-state index in [2.05, 4.69) is 5.32 Å². The van der Waals surface area contributed by atoms with Gasteiger partial charge in [-0.1, -0.05) is 42.5 Å². The van der Waals surface area contributed by atoms with Crippen LogP contribution in [0.15, 0.2) is 54.6 Å². The van der Waals surface area contributed by atoms with E-state index < -0.39 is 29.4 Å².